The molecule has 0 aliphatic heterocycles. The highest BCUT2D eigenvalue weighted by atomic mass is 14.0. The van der Waals surface area contributed by atoms with Crippen LogP contribution in [0.15, 0.2) is 12.2 Å². The SMILES string of the molecule is CCCC/C=C/C(CC)CC. The Morgan fingerprint density at radius 3 is 2.18 bits per heavy atom. The first-order valence-electron chi connectivity index (χ1n) is 5.01. The van der Waals surface area contributed by atoms with E-state index in [0.717, 1.165) is 5.92 Å². The molecule has 0 amide bonds. The number of unbranched alkanes of at least 4 members (excludes halogenated alkanes) is 2. The number of hydrogen-bond acceptors (Lipinski definition) is 0. The second-order valence-corrected chi connectivity index (χ2v) is 3.15. The van der Waals surface area contributed by atoms with E-state index in [9.17, 15) is 0 Å². The van der Waals surface area contributed by atoms with Gasteiger partial charge in [-0.1, -0.05) is 45.8 Å². The zero-order chi connectivity index (χ0) is 8.53. The van der Waals surface area contributed by atoms with E-state index in [-0.39, 0.29) is 0 Å². The summed E-state index contributed by atoms with van der Waals surface area (Å²) in [5, 5.41) is 0. The van der Waals surface area contributed by atoms with E-state index in [4.69, 9.17) is 0 Å². The van der Waals surface area contributed by atoms with Crippen molar-refractivity contribution in [3.05, 3.63) is 12.2 Å². The summed E-state index contributed by atoms with van der Waals surface area (Å²) in [6.45, 7) is 6.77. The maximum atomic E-state index is 2.38. The third-order valence-corrected chi connectivity index (χ3v) is 2.18. The van der Waals surface area contributed by atoms with E-state index in [2.05, 4.69) is 32.9 Å². The van der Waals surface area contributed by atoms with Gasteiger partial charge in [0.15, 0.2) is 0 Å². The van der Waals surface area contributed by atoms with Gasteiger partial charge in [0.25, 0.3) is 0 Å². The fraction of sp³-hybridized carbons (Fsp3) is 0.818. The van der Waals surface area contributed by atoms with Gasteiger partial charge in [-0.05, 0) is 25.2 Å². The van der Waals surface area contributed by atoms with E-state index < -0.39 is 0 Å². The zero-order valence-electron chi connectivity index (χ0n) is 8.27. The molecule has 0 fully saturated rings. The first-order chi connectivity index (χ1) is 5.35. The van der Waals surface area contributed by atoms with Crippen molar-refractivity contribution in [2.24, 2.45) is 5.92 Å². The van der Waals surface area contributed by atoms with Gasteiger partial charge < -0.3 is 0 Å². The predicted molar refractivity (Wildman–Crippen MR) is 52.7 cm³/mol. The monoisotopic (exact) mass is 154 g/mol. The molecule has 11 heavy (non-hydrogen) atoms. The molecule has 0 radical (unpaired) electrons. The fourth-order valence-corrected chi connectivity index (χ4v) is 1.17. The lowest BCUT2D eigenvalue weighted by atomic mass is 10.0. The van der Waals surface area contributed by atoms with Crippen LogP contribution >= 0.6 is 0 Å². The second-order valence-electron chi connectivity index (χ2n) is 3.15. The molecule has 0 N–H and O–H groups in total. The van der Waals surface area contributed by atoms with Crippen LogP contribution in [0.5, 0.6) is 0 Å². The highest BCUT2D eigenvalue weighted by molar-refractivity contribution is 4.86. The summed E-state index contributed by atoms with van der Waals surface area (Å²) in [7, 11) is 0. The van der Waals surface area contributed by atoms with E-state index in [0.29, 0.717) is 0 Å². The van der Waals surface area contributed by atoms with Gasteiger partial charge >= 0.3 is 0 Å². The molecule has 0 aliphatic carbocycles. The highest BCUT2D eigenvalue weighted by Gasteiger charge is 1.94. The summed E-state index contributed by atoms with van der Waals surface area (Å²) in [6, 6.07) is 0. The second kappa shape index (κ2) is 7.84. The van der Waals surface area contributed by atoms with E-state index in [1.807, 2.05) is 0 Å². The summed E-state index contributed by atoms with van der Waals surface area (Å²) >= 11 is 0. The Morgan fingerprint density at radius 2 is 1.73 bits per heavy atom. The lowest BCUT2D eigenvalue weighted by Gasteiger charge is -2.04. The smallest absolute Gasteiger partial charge is 0.0239 e. The standard InChI is InChI=1S/C11H22/c1-4-7-8-9-10-11(5-2)6-3/h9-11H,4-8H2,1-3H3/b10-9+. The van der Waals surface area contributed by atoms with Gasteiger partial charge in [-0.25, -0.2) is 0 Å². The molecule has 0 bridgehead atoms. The molecule has 0 heterocycles. The zero-order valence-corrected chi connectivity index (χ0v) is 8.27. The third-order valence-electron chi connectivity index (χ3n) is 2.18. The molecule has 0 aromatic rings. The quantitative estimate of drug-likeness (QED) is 0.398. The summed E-state index contributed by atoms with van der Waals surface area (Å²) in [6.07, 6.45) is 11.2. The molecule has 66 valence electrons. The highest BCUT2D eigenvalue weighted by Crippen LogP contribution is 2.09. The molecule has 0 unspecified atom stereocenters. The van der Waals surface area contributed by atoms with Crippen molar-refractivity contribution in [3.8, 4) is 0 Å². The van der Waals surface area contributed by atoms with Crippen LogP contribution in [-0.2, 0) is 0 Å². The van der Waals surface area contributed by atoms with Gasteiger partial charge in [-0.15, -0.1) is 0 Å². The van der Waals surface area contributed by atoms with Crippen molar-refractivity contribution in [2.45, 2.75) is 52.9 Å². The Kier molecular flexibility index (Phi) is 7.66. The molecule has 0 saturated heterocycles. The van der Waals surface area contributed by atoms with Crippen LogP contribution in [-0.4, -0.2) is 0 Å². The molecule has 0 atom stereocenters. The van der Waals surface area contributed by atoms with Crippen molar-refractivity contribution in [1.82, 2.24) is 0 Å². The Morgan fingerprint density at radius 1 is 1.09 bits per heavy atom. The molecule has 0 aromatic heterocycles. The van der Waals surface area contributed by atoms with Crippen LogP contribution in [0.4, 0.5) is 0 Å². The molecule has 0 nitrogen and oxygen atoms in total. The van der Waals surface area contributed by atoms with Crippen molar-refractivity contribution < 1.29 is 0 Å². The van der Waals surface area contributed by atoms with E-state index >= 15 is 0 Å². The topological polar surface area (TPSA) is 0 Å². The fourth-order valence-electron chi connectivity index (χ4n) is 1.17. The maximum absolute atomic E-state index is 2.38. The number of allylic oxidation sites excluding steroid dienone is 2. The normalized spacial score (nSPS) is 11.6. The van der Waals surface area contributed by atoms with Gasteiger partial charge in [-0.2, -0.15) is 0 Å². The van der Waals surface area contributed by atoms with E-state index in [1.165, 1.54) is 32.1 Å². The Bertz CT molecular complexity index is 88.2. The first-order valence-corrected chi connectivity index (χ1v) is 5.01. The lowest BCUT2D eigenvalue weighted by Crippen LogP contribution is -1.89. The molecule has 0 saturated carbocycles. The lowest BCUT2D eigenvalue weighted by molar-refractivity contribution is 0.603. The largest absolute Gasteiger partial charge is 0.0883 e. The van der Waals surface area contributed by atoms with Crippen molar-refractivity contribution in [3.63, 3.8) is 0 Å². The first kappa shape index (κ1) is 10.7. The molecule has 0 spiro atoms. The third kappa shape index (κ3) is 6.15. The van der Waals surface area contributed by atoms with Crippen molar-refractivity contribution in [1.29, 1.82) is 0 Å². The summed E-state index contributed by atoms with van der Waals surface area (Å²) in [4.78, 5) is 0. The molecular weight excluding hydrogens is 132 g/mol. The van der Waals surface area contributed by atoms with Crippen LogP contribution < -0.4 is 0 Å². The molecule has 0 heteroatoms. The van der Waals surface area contributed by atoms with Gasteiger partial charge in [0, 0.05) is 0 Å². The van der Waals surface area contributed by atoms with Gasteiger partial charge in [0.1, 0.15) is 0 Å². The maximum Gasteiger partial charge on any atom is -0.0239 e. The van der Waals surface area contributed by atoms with Crippen LogP contribution in [0.1, 0.15) is 52.9 Å². The number of rotatable bonds is 6. The molecular formula is C11H22. The van der Waals surface area contributed by atoms with Gasteiger partial charge in [0.2, 0.25) is 0 Å². The minimum Gasteiger partial charge on any atom is -0.0883 e. The van der Waals surface area contributed by atoms with Crippen LogP contribution in [0, 0.1) is 5.92 Å². The summed E-state index contributed by atoms with van der Waals surface area (Å²) < 4.78 is 0. The van der Waals surface area contributed by atoms with Crippen molar-refractivity contribution >= 4 is 0 Å². The minimum absolute atomic E-state index is 0.826. The van der Waals surface area contributed by atoms with Gasteiger partial charge in [0.05, 0.1) is 0 Å². The minimum atomic E-state index is 0.826. The predicted octanol–water partition coefficient (Wildman–Crippen LogP) is 4.17. The number of hydrogen-bond donors (Lipinski definition) is 0. The molecule has 0 aromatic carbocycles. The van der Waals surface area contributed by atoms with Crippen LogP contribution in [0.2, 0.25) is 0 Å². The van der Waals surface area contributed by atoms with Crippen LogP contribution in [0.3, 0.4) is 0 Å². The summed E-state index contributed by atoms with van der Waals surface area (Å²) in [5.74, 6) is 0.826. The van der Waals surface area contributed by atoms with Gasteiger partial charge in [-0.3, -0.25) is 0 Å². The van der Waals surface area contributed by atoms with Crippen molar-refractivity contribution in [2.75, 3.05) is 0 Å². The average molecular weight is 154 g/mol. The Balaban J connectivity index is 3.36. The summed E-state index contributed by atoms with van der Waals surface area (Å²) in [5.41, 5.74) is 0. The Hall–Kier alpha value is -0.260. The Labute approximate surface area is 71.7 Å². The average Bonchev–Trinajstić information content (AvgIpc) is 2.05. The molecule has 0 rings (SSSR count). The van der Waals surface area contributed by atoms with E-state index in [1.54, 1.807) is 0 Å². The van der Waals surface area contributed by atoms with Crippen LogP contribution in [0.25, 0.3) is 0 Å². The molecule has 0 aliphatic rings.